The molecule has 126 valence electrons. The number of carbonyl (C=O) groups is 1. The van der Waals surface area contributed by atoms with Crippen molar-refractivity contribution in [1.29, 1.82) is 0 Å². The molecule has 0 bridgehead atoms. The fraction of sp³-hybridized carbons (Fsp3) is 0.188. The number of nitrogens with one attached hydrogen (secondary N) is 5. The predicted octanol–water partition coefficient (Wildman–Crippen LogP) is 2.66. The van der Waals surface area contributed by atoms with Gasteiger partial charge in [0.1, 0.15) is 12.2 Å². The van der Waals surface area contributed by atoms with E-state index in [4.69, 9.17) is 23.2 Å². The first-order valence-corrected chi connectivity index (χ1v) is 8.14. The Kier molecular flexibility index (Phi) is 5.23. The summed E-state index contributed by atoms with van der Waals surface area (Å²) in [6.45, 7) is 1.86. The Morgan fingerprint density at radius 2 is 1.92 bits per heavy atom. The van der Waals surface area contributed by atoms with E-state index < -0.39 is 6.04 Å². The van der Waals surface area contributed by atoms with E-state index in [1.165, 1.54) is 0 Å². The van der Waals surface area contributed by atoms with Crippen LogP contribution in [0.2, 0.25) is 10.0 Å². The molecule has 5 N–H and O–H groups in total. The zero-order valence-electron chi connectivity index (χ0n) is 12.9. The van der Waals surface area contributed by atoms with Gasteiger partial charge in [0.25, 0.3) is 0 Å². The molecular formula is C16H17Cl2N5O. The molecule has 0 spiro atoms. The third-order valence-electron chi connectivity index (χ3n) is 3.74. The van der Waals surface area contributed by atoms with E-state index in [0.29, 0.717) is 15.7 Å². The van der Waals surface area contributed by atoms with Gasteiger partial charge >= 0.3 is 0 Å². The SMILES string of the molecule is Cc1c(Cl)cccc1NC(=O)C1NNNC1Nc1cccc(Cl)c1. The summed E-state index contributed by atoms with van der Waals surface area (Å²) in [6.07, 6.45) is -0.358. The second kappa shape index (κ2) is 7.38. The van der Waals surface area contributed by atoms with E-state index in [1.807, 2.05) is 25.1 Å². The molecule has 0 aliphatic carbocycles. The minimum Gasteiger partial charge on any atom is -0.367 e. The lowest BCUT2D eigenvalue weighted by atomic mass is 10.1. The van der Waals surface area contributed by atoms with Crippen molar-refractivity contribution in [2.24, 2.45) is 0 Å². The maximum Gasteiger partial charge on any atom is 0.246 e. The highest BCUT2D eigenvalue weighted by Crippen LogP contribution is 2.23. The third kappa shape index (κ3) is 3.80. The smallest absolute Gasteiger partial charge is 0.246 e. The Bertz CT molecular complexity index is 755. The fourth-order valence-corrected chi connectivity index (χ4v) is 2.78. The molecule has 6 nitrogen and oxygen atoms in total. The molecule has 2 aromatic carbocycles. The van der Waals surface area contributed by atoms with Gasteiger partial charge in [-0.05, 0) is 42.8 Å². The lowest BCUT2D eigenvalue weighted by molar-refractivity contribution is -0.118. The highest BCUT2D eigenvalue weighted by molar-refractivity contribution is 6.31. The van der Waals surface area contributed by atoms with E-state index in [9.17, 15) is 4.79 Å². The van der Waals surface area contributed by atoms with Crippen LogP contribution in [0.1, 0.15) is 5.56 Å². The standard InChI is InChI=1S/C16H17Cl2N5O/c1-9-12(18)6-3-7-13(9)20-16(24)14-15(22-23-21-14)19-11-5-2-4-10(17)8-11/h2-8,14-15,19,21-23H,1H3,(H,20,24). The van der Waals surface area contributed by atoms with Gasteiger partial charge in [-0.2, -0.15) is 5.53 Å². The summed E-state index contributed by atoms with van der Waals surface area (Å²) in [4.78, 5) is 12.6. The zero-order valence-corrected chi connectivity index (χ0v) is 14.4. The quantitative estimate of drug-likeness (QED) is 0.575. The molecule has 1 saturated heterocycles. The van der Waals surface area contributed by atoms with Gasteiger partial charge in [0.05, 0.1) is 0 Å². The molecule has 0 saturated carbocycles. The van der Waals surface area contributed by atoms with Crippen molar-refractivity contribution >= 4 is 40.5 Å². The van der Waals surface area contributed by atoms with Crippen molar-refractivity contribution in [2.75, 3.05) is 10.6 Å². The number of amides is 1. The lowest BCUT2D eigenvalue weighted by Crippen LogP contribution is -2.48. The number of anilines is 2. The van der Waals surface area contributed by atoms with Gasteiger partial charge in [0.15, 0.2) is 0 Å². The largest absolute Gasteiger partial charge is 0.367 e. The van der Waals surface area contributed by atoms with Crippen molar-refractivity contribution < 1.29 is 4.79 Å². The third-order valence-corrected chi connectivity index (χ3v) is 4.39. The van der Waals surface area contributed by atoms with Crippen molar-refractivity contribution in [2.45, 2.75) is 19.1 Å². The molecule has 1 aliphatic heterocycles. The molecule has 0 radical (unpaired) electrons. The number of halogens is 2. The molecule has 1 fully saturated rings. The second-order valence-corrected chi connectivity index (χ2v) is 6.27. The monoisotopic (exact) mass is 365 g/mol. The topological polar surface area (TPSA) is 77.2 Å². The Balaban J connectivity index is 1.70. The molecule has 1 aliphatic rings. The molecule has 8 heteroatoms. The van der Waals surface area contributed by atoms with Gasteiger partial charge in [-0.1, -0.05) is 35.3 Å². The molecule has 3 rings (SSSR count). The number of hydrogen-bond acceptors (Lipinski definition) is 5. The van der Waals surface area contributed by atoms with Crippen LogP contribution in [0.5, 0.6) is 0 Å². The first-order valence-electron chi connectivity index (χ1n) is 7.39. The summed E-state index contributed by atoms with van der Waals surface area (Å²) >= 11 is 12.1. The summed E-state index contributed by atoms with van der Waals surface area (Å²) in [5.41, 5.74) is 10.9. The first-order chi connectivity index (χ1) is 11.5. The zero-order chi connectivity index (χ0) is 17.1. The Labute approximate surface area is 149 Å². The summed E-state index contributed by atoms with van der Waals surface area (Å²) in [5, 5.41) is 7.33. The maximum absolute atomic E-state index is 12.6. The number of carbonyl (C=O) groups excluding carboxylic acids is 1. The Morgan fingerprint density at radius 1 is 1.12 bits per heavy atom. The average Bonchev–Trinajstić information content (AvgIpc) is 3.00. The van der Waals surface area contributed by atoms with Crippen LogP contribution in [-0.2, 0) is 4.79 Å². The number of rotatable bonds is 4. The van der Waals surface area contributed by atoms with Crippen molar-refractivity contribution in [1.82, 2.24) is 16.4 Å². The van der Waals surface area contributed by atoms with Gasteiger partial charge in [0, 0.05) is 21.4 Å². The summed E-state index contributed by atoms with van der Waals surface area (Å²) < 4.78 is 0. The van der Waals surface area contributed by atoms with Crippen molar-refractivity contribution in [3.63, 3.8) is 0 Å². The van der Waals surface area contributed by atoms with Gasteiger partial charge in [-0.15, -0.1) is 0 Å². The second-order valence-electron chi connectivity index (χ2n) is 5.43. The van der Waals surface area contributed by atoms with Crippen LogP contribution in [0.4, 0.5) is 11.4 Å². The van der Waals surface area contributed by atoms with Crippen LogP contribution >= 0.6 is 23.2 Å². The van der Waals surface area contributed by atoms with Gasteiger partial charge in [0.2, 0.25) is 5.91 Å². The van der Waals surface area contributed by atoms with Crippen LogP contribution in [0.3, 0.4) is 0 Å². The van der Waals surface area contributed by atoms with Crippen LogP contribution < -0.4 is 27.0 Å². The molecule has 2 atom stereocenters. The molecular weight excluding hydrogens is 349 g/mol. The van der Waals surface area contributed by atoms with E-state index >= 15 is 0 Å². The van der Waals surface area contributed by atoms with E-state index in [-0.39, 0.29) is 12.1 Å². The van der Waals surface area contributed by atoms with Gasteiger partial charge in [-0.25, -0.2) is 10.9 Å². The van der Waals surface area contributed by atoms with Gasteiger partial charge < -0.3 is 10.6 Å². The Hall–Kier alpha value is -1.83. The maximum atomic E-state index is 12.6. The van der Waals surface area contributed by atoms with Gasteiger partial charge in [-0.3, -0.25) is 4.79 Å². The number of benzene rings is 2. The fourth-order valence-electron chi connectivity index (χ4n) is 2.41. The molecule has 0 aromatic heterocycles. The minimum atomic E-state index is -0.539. The highest BCUT2D eigenvalue weighted by Gasteiger charge is 2.33. The van der Waals surface area contributed by atoms with E-state index in [1.54, 1.807) is 24.3 Å². The Morgan fingerprint density at radius 3 is 2.71 bits per heavy atom. The summed E-state index contributed by atoms with van der Waals surface area (Å²) in [5.74, 6) is -0.197. The molecule has 1 amide bonds. The number of hydrogen-bond donors (Lipinski definition) is 5. The average molecular weight is 366 g/mol. The summed E-state index contributed by atoms with van der Waals surface area (Å²) in [6, 6.07) is 12.1. The first kappa shape index (κ1) is 17.0. The molecule has 2 unspecified atom stereocenters. The molecule has 24 heavy (non-hydrogen) atoms. The minimum absolute atomic E-state index is 0.197. The van der Waals surface area contributed by atoms with Crippen LogP contribution in [0, 0.1) is 6.92 Å². The van der Waals surface area contributed by atoms with Crippen molar-refractivity contribution in [3.05, 3.63) is 58.1 Å². The molecule has 2 aromatic rings. The highest BCUT2D eigenvalue weighted by atomic mass is 35.5. The number of hydrazine groups is 2. The molecule has 1 heterocycles. The van der Waals surface area contributed by atoms with E-state index in [0.717, 1.165) is 11.3 Å². The lowest BCUT2D eigenvalue weighted by Gasteiger charge is -2.20. The van der Waals surface area contributed by atoms with Crippen LogP contribution in [0.25, 0.3) is 0 Å². The van der Waals surface area contributed by atoms with E-state index in [2.05, 4.69) is 27.0 Å². The van der Waals surface area contributed by atoms with Crippen molar-refractivity contribution in [3.8, 4) is 0 Å². The van der Waals surface area contributed by atoms with Crippen LogP contribution in [0.15, 0.2) is 42.5 Å². The van der Waals surface area contributed by atoms with Crippen LogP contribution in [-0.4, -0.2) is 18.1 Å². The predicted molar refractivity (Wildman–Crippen MR) is 96.9 cm³/mol. The summed E-state index contributed by atoms with van der Waals surface area (Å²) in [7, 11) is 0. The normalized spacial score (nSPS) is 20.0.